The highest BCUT2D eigenvalue weighted by atomic mass is 32.2. The summed E-state index contributed by atoms with van der Waals surface area (Å²) < 4.78 is 5.41. The number of carbonyl (C=O) groups is 2. The second kappa shape index (κ2) is 7.57. The Morgan fingerprint density at radius 1 is 1.04 bits per heavy atom. The SMILES string of the molecule is CCOc1ccc(/C=C2\SC(=O)N(c3ccccc3CC)C2=O)cc1. The van der Waals surface area contributed by atoms with E-state index in [1.165, 1.54) is 4.90 Å². The van der Waals surface area contributed by atoms with Crippen LogP contribution in [0.2, 0.25) is 0 Å². The smallest absolute Gasteiger partial charge is 0.298 e. The van der Waals surface area contributed by atoms with Crippen molar-refractivity contribution in [3.05, 3.63) is 64.6 Å². The molecule has 0 aliphatic carbocycles. The number of rotatable bonds is 5. The Bertz CT molecular complexity index is 827. The molecule has 25 heavy (non-hydrogen) atoms. The van der Waals surface area contributed by atoms with Crippen LogP contribution in [0.25, 0.3) is 6.08 Å². The van der Waals surface area contributed by atoms with Crippen LogP contribution >= 0.6 is 11.8 Å². The molecule has 5 heteroatoms. The molecular weight excluding hydrogens is 334 g/mol. The molecule has 0 N–H and O–H groups in total. The summed E-state index contributed by atoms with van der Waals surface area (Å²) >= 11 is 0.972. The third kappa shape index (κ3) is 3.61. The second-order valence-corrected chi connectivity index (χ2v) is 6.49. The van der Waals surface area contributed by atoms with Crippen LogP contribution in [-0.2, 0) is 11.2 Å². The molecule has 0 unspecified atom stereocenters. The molecule has 1 fully saturated rings. The van der Waals surface area contributed by atoms with Gasteiger partial charge in [-0.15, -0.1) is 0 Å². The minimum atomic E-state index is -0.273. The summed E-state index contributed by atoms with van der Waals surface area (Å²) in [6.45, 7) is 4.54. The molecule has 0 spiro atoms. The highest BCUT2D eigenvalue weighted by molar-refractivity contribution is 8.19. The lowest BCUT2D eigenvalue weighted by atomic mass is 10.1. The summed E-state index contributed by atoms with van der Waals surface area (Å²) in [4.78, 5) is 26.8. The van der Waals surface area contributed by atoms with Crippen LogP contribution in [-0.4, -0.2) is 17.8 Å². The summed E-state index contributed by atoms with van der Waals surface area (Å²) in [5.41, 5.74) is 2.51. The van der Waals surface area contributed by atoms with Gasteiger partial charge in [-0.1, -0.05) is 37.3 Å². The Hall–Kier alpha value is -2.53. The van der Waals surface area contributed by atoms with Crippen LogP contribution in [0.15, 0.2) is 53.4 Å². The molecule has 3 rings (SSSR count). The van der Waals surface area contributed by atoms with Gasteiger partial charge < -0.3 is 4.74 Å². The number of ether oxygens (including phenoxy) is 1. The first-order chi connectivity index (χ1) is 12.1. The number of amides is 2. The predicted molar refractivity (Wildman–Crippen MR) is 102 cm³/mol. The van der Waals surface area contributed by atoms with Gasteiger partial charge in [0.15, 0.2) is 0 Å². The topological polar surface area (TPSA) is 46.6 Å². The van der Waals surface area contributed by atoms with E-state index in [1.807, 2.05) is 62.4 Å². The number of aryl methyl sites for hydroxylation is 1. The number of para-hydroxylation sites is 1. The van der Waals surface area contributed by atoms with Crippen LogP contribution in [0.1, 0.15) is 25.0 Å². The van der Waals surface area contributed by atoms with Gasteiger partial charge in [-0.2, -0.15) is 0 Å². The van der Waals surface area contributed by atoms with Gasteiger partial charge in [-0.3, -0.25) is 9.59 Å². The fourth-order valence-electron chi connectivity index (χ4n) is 2.68. The molecular formula is C20H19NO3S. The van der Waals surface area contributed by atoms with Crippen LogP contribution in [0, 0.1) is 0 Å². The van der Waals surface area contributed by atoms with Gasteiger partial charge in [0.2, 0.25) is 0 Å². The van der Waals surface area contributed by atoms with E-state index >= 15 is 0 Å². The summed E-state index contributed by atoms with van der Waals surface area (Å²) in [7, 11) is 0. The predicted octanol–water partition coefficient (Wildman–Crippen LogP) is 4.89. The number of imide groups is 1. The maximum Gasteiger partial charge on any atom is 0.298 e. The minimum Gasteiger partial charge on any atom is -0.494 e. The van der Waals surface area contributed by atoms with Crippen molar-refractivity contribution >= 4 is 34.7 Å². The summed E-state index contributed by atoms with van der Waals surface area (Å²) in [6.07, 6.45) is 2.50. The van der Waals surface area contributed by atoms with E-state index in [9.17, 15) is 9.59 Å². The molecule has 1 saturated heterocycles. The molecule has 0 aromatic heterocycles. The molecule has 2 aromatic carbocycles. The zero-order valence-corrected chi connectivity index (χ0v) is 15.0. The van der Waals surface area contributed by atoms with Crippen molar-refractivity contribution < 1.29 is 14.3 Å². The highest BCUT2D eigenvalue weighted by Gasteiger charge is 2.37. The Morgan fingerprint density at radius 3 is 2.44 bits per heavy atom. The molecule has 0 atom stereocenters. The first-order valence-corrected chi connectivity index (χ1v) is 9.04. The van der Waals surface area contributed by atoms with Crippen LogP contribution < -0.4 is 9.64 Å². The van der Waals surface area contributed by atoms with E-state index in [0.717, 1.165) is 35.1 Å². The van der Waals surface area contributed by atoms with Gasteiger partial charge in [0.05, 0.1) is 17.2 Å². The quantitative estimate of drug-likeness (QED) is 0.718. The standard InChI is InChI=1S/C20H19NO3S/c1-3-15-7-5-6-8-17(15)21-19(22)18(25-20(21)23)13-14-9-11-16(12-10-14)24-4-2/h5-13H,3-4H2,1-2H3/b18-13-. The number of benzene rings is 2. The highest BCUT2D eigenvalue weighted by Crippen LogP contribution is 2.37. The number of hydrogen-bond donors (Lipinski definition) is 0. The number of carbonyl (C=O) groups excluding carboxylic acids is 2. The Kier molecular flexibility index (Phi) is 5.24. The molecule has 0 radical (unpaired) electrons. The lowest BCUT2D eigenvalue weighted by Crippen LogP contribution is -2.28. The maximum atomic E-state index is 12.7. The number of nitrogens with zero attached hydrogens (tertiary/aromatic N) is 1. The molecule has 0 bridgehead atoms. The monoisotopic (exact) mass is 353 g/mol. The van der Waals surface area contributed by atoms with Gasteiger partial charge in [-0.05, 0) is 60.5 Å². The van der Waals surface area contributed by atoms with Crippen molar-refractivity contribution in [3.63, 3.8) is 0 Å². The third-order valence-electron chi connectivity index (χ3n) is 3.90. The van der Waals surface area contributed by atoms with Crippen molar-refractivity contribution in [1.82, 2.24) is 0 Å². The fraction of sp³-hybridized carbons (Fsp3) is 0.200. The Labute approximate surface area is 151 Å². The summed E-state index contributed by atoms with van der Waals surface area (Å²) in [6, 6.07) is 15.0. The summed E-state index contributed by atoms with van der Waals surface area (Å²) in [5.74, 6) is 0.509. The first kappa shape index (κ1) is 17.3. The largest absolute Gasteiger partial charge is 0.494 e. The average Bonchev–Trinajstić information content (AvgIpc) is 2.90. The van der Waals surface area contributed by atoms with Gasteiger partial charge in [0, 0.05) is 0 Å². The first-order valence-electron chi connectivity index (χ1n) is 8.22. The fourth-order valence-corrected chi connectivity index (χ4v) is 3.52. The van der Waals surface area contributed by atoms with Crippen LogP contribution in [0.3, 0.4) is 0 Å². The molecule has 4 nitrogen and oxygen atoms in total. The number of anilines is 1. The van der Waals surface area contributed by atoms with E-state index in [0.29, 0.717) is 17.2 Å². The van der Waals surface area contributed by atoms with Crippen molar-refractivity contribution in [2.45, 2.75) is 20.3 Å². The van der Waals surface area contributed by atoms with Crippen LogP contribution in [0.5, 0.6) is 5.75 Å². The van der Waals surface area contributed by atoms with Gasteiger partial charge >= 0.3 is 0 Å². The summed E-state index contributed by atoms with van der Waals surface area (Å²) in [5, 5.41) is -0.261. The van der Waals surface area contributed by atoms with Gasteiger partial charge in [0.25, 0.3) is 11.1 Å². The average molecular weight is 353 g/mol. The zero-order chi connectivity index (χ0) is 17.8. The molecule has 1 heterocycles. The zero-order valence-electron chi connectivity index (χ0n) is 14.2. The number of hydrogen-bond acceptors (Lipinski definition) is 4. The second-order valence-electron chi connectivity index (χ2n) is 5.50. The molecule has 2 amide bonds. The maximum absolute atomic E-state index is 12.7. The molecule has 1 aliphatic heterocycles. The Morgan fingerprint density at radius 2 is 1.76 bits per heavy atom. The van der Waals surface area contributed by atoms with Gasteiger partial charge in [0.1, 0.15) is 5.75 Å². The van der Waals surface area contributed by atoms with Crippen LogP contribution in [0.4, 0.5) is 10.5 Å². The molecule has 0 saturated carbocycles. The van der Waals surface area contributed by atoms with E-state index in [2.05, 4.69) is 0 Å². The van der Waals surface area contributed by atoms with Crippen molar-refractivity contribution in [1.29, 1.82) is 0 Å². The lowest BCUT2D eigenvalue weighted by Gasteiger charge is -2.16. The normalized spacial score (nSPS) is 15.9. The van der Waals surface area contributed by atoms with E-state index in [1.54, 1.807) is 6.08 Å². The minimum absolute atomic E-state index is 0.261. The molecule has 128 valence electrons. The Balaban J connectivity index is 1.88. The van der Waals surface area contributed by atoms with E-state index in [-0.39, 0.29) is 11.1 Å². The molecule has 1 aliphatic rings. The van der Waals surface area contributed by atoms with Crippen molar-refractivity contribution in [2.24, 2.45) is 0 Å². The lowest BCUT2D eigenvalue weighted by molar-refractivity contribution is -0.113. The molecule has 2 aromatic rings. The number of thioether (sulfide) groups is 1. The van der Waals surface area contributed by atoms with Gasteiger partial charge in [-0.25, -0.2) is 4.90 Å². The third-order valence-corrected chi connectivity index (χ3v) is 4.77. The van der Waals surface area contributed by atoms with E-state index in [4.69, 9.17) is 4.74 Å². The van der Waals surface area contributed by atoms with E-state index < -0.39 is 0 Å². The van der Waals surface area contributed by atoms with Crippen molar-refractivity contribution in [2.75, 3.05) is 11.5 Å². The van der Waals surface area contributed by atoms with Crippen molar-refractivity contribution in [3.8, 4) is 5.75 Å².